The number of nitrogens with one attached hydrogen (secondary N) is 2. The molecule has 8 heteroatoms. The highest BCUT2D eigenvalue weighted by molar-refractivity contribution is 9.10. The number of H-pyrrole nitrogens is 1. The maximum Gasteiger partial charge on any atom is 0.407 e. The molecule has 0 radical (unpaired) electrons. The van der Waals surface area contributed by atoms with Gasteiger partial charge in [0.15, 0.2) is 0 Å². The second-order valence-electron chi connectivity index (χ2n) is 8.31. The number of likely N-dealkylation sites (tertiary alicyclic amines) is 1. The van der Waals surface area contributed by atoms with Gasteiger partial charge in [-0.1, -0.05) is 48.8 Å². The molecule has 1 aliphatic rings. The third-order valence-corrected chi connectivity index (χ3v) is 5.69. The van der Waals surface area contributed by atoms with Gasteiger partial charge in [-0.05, 0) is 36.0 Å². The summed E-state index contributed by atoms with van der Waals surface area (Å²) in [5, 5.41) is 2.70. The summed E-state index contributed by atoms with van der Waals surface area (Å²) in [5.41, 5.74) is 1.49. The summed E-state index contributed by atoms with van der Waals surface area (Å²) in [6.45, 7) is 6.41. The molecule has 0 saturated carbocycles. The molecule has 1 fully saturated rings. The molecular formula is C21H27BrN4O3. The van der Waals surface area contributed by atoms with Crippen molar-refractivity contribution >= 4 is 27.9 Å². The van der Waals surface area contributed by atoms with Gasteiger partial charge in [0.05, 0.1) is 25.0 Å². The lowest BCUT2D eigenvalue weighted by atomic mass is 9.85. The van der Waals surface area contributed by atoms with E-state index in [1.165, 1.54) is 7.11 Å². The molecule has 7 nitrogen and oxygen atoms in total. The Morgan fingerprint density at radius 1 is 1.31 bits per heavy atom. The highest BCUT2D eigenvalue weighted by Crippen LogP contribution is 2.34. The molecule has 156 valence electrons. The van der Waals surface area contributed by atoms with Gasteiger partial charge in [-0.15, -0.1) is 0 Å². The molecule has 3 rings (SSSR count). The molecule has 0 bridgehead atoms. The molecule has 2 aromatic rings. The number of aromatic amines is 1. The van der Waals surface area contributed by atoms with Crippen LogP contribution in [0.3, 0.4) is 0 Å². The highest BCUT2D eigenvalue weighted by atomic mass is 79.9. The normalized spacial score (nSPS) is 17.8. The van der Waals surface area contributed by atoms with Gasteiger partial charge >= 0.3 is 6.09 Å². The van der Waals surface area contributed by atoms with Gasteiger partial charge in [0.25, 0.3) is 0 Å². The Kier molecular flexibility index (Phi) is 6.31. The molecule has 1 saturated heterocycles. The minimum atomic E-state index is -0.684. The van der Waals surface area contributed by atoms with Gasteiger partial charge in [-0.2, -0.15) is 0 Å². The van der Waals surface area contributed by atoms with Crippen molar-refractivity contribution in [1.82, 2.24) is 20.2 Å². The maximum atomic E-state index is 13.4. The van der Waals surface area contributed by atoms with Gasteiger partial charge in [-0.3, -0.25) is 4.79 Å². The summed E-state index contributed by atoms with van der Waals surface area (Å²) >= 11 is 3.44. The first-order chi connectivity index (χ1) is 13.7. The fourth-order valence-electron chi connectivity index (χ4n) is 3.59. The average Bonchev–Trinajstić information content (AvgIpc) is 3.34. The first-order valence-electron chi connectivity index (χ1n) is 9.66. The number of carbonyl (C=O) groups excluding carboxylic acids is 2. The van der Waals surface area contributed by atoms with Crippen LogP contribution in [0.2, 0.25) is 0 Å². The number of halogens is 1. The fraction of sp³-hybridized carbons (Fsp3) is 0.476. The Bertz CT molecular complexity index is 873. The van der Waals surface area contributed by atoms with Crippen molar-refractivity contribution in [2.24, 2.45) is 5.41 Å². The van der Waals surface area contributed by atoms with Crippen molar-refractivity contribution in [1.29, 1.82) is 0 Å². The van der Waals surface area contributed by atoms with Crippen LogP contribution in [-0.2, 0) is 9.53 Å². The number of imidazole rings is 1. The number of methoxy groups -OCH3 is 1. The lowest BCUT2D eigenvalue weighted by Gasteiger charge is -2.35. The van der Waals surface area contributed by atoms with Crippen molar-refractivity contribution in [3.05, 3.63) is 40.8 Å². The summed E-state index contributed by atoms with van der Waals surface area (Å²) in [6, 6.07) is 7.15. The van der Waals surface area contributed by atoms with Crippen LogP contribution in [0.4, 0.5) is 4.79 Å². The number of alkyl carbamates (subject to hydrolysis) is 1. The minimum Gasteiger partial charge on any atom is -0.453 e. The first-order valence-corrected chi connectivity index (χ1v) is 10.5. The van der Waals surface area contributed by atoms with Gasteiger partial charge in [-0.25, -0.2) is 9.78 Å². The number of ether oxygens (including phenoxy) is 1. The lowest BCUT2D eigenvalue weighted by molar-refractivity contribution is -0.137. The van der Waals surface area contributed by atoms with Crippen LogP contribution >= 0.6 is 15.9 Å². The molecule has 2 heterocycles. The minimum absolute atomic E-state index is 0.119. The van der Waals surface area contributed by atoms with Crippen molar-refractivity contribution in [3.8, 4) is 11.3 Å². The molecule has 0 unspecified atom stereocenters. The van der Waals surface area contributed by atoms with E-state index in [-0.39, 0.29) is 11.9 Å². The number of rotatable bonds is 4. The number of nitrogens with zero attached hydrogens (tertiary/aromatic N) is 2. The van der Waals surface area contributed by atoms with Crippen LogP contribution in [0.15, 0.2) is 34.9 Å². The molecule has 29 heavy (non-hydrogen) atoms. The lowest BCUT2D eigenvalue weighted by Crippen LogP contribution is -2.54. The van der Waals surface area contributed by atoms with Crippen LogP contribution in [0.25, 0.3) is 11.3 Å². The SMILES string of the molecule is COC(=O)N[C@H](C(=O)N1CCC[C@H]1c1ncc(-c2ccc(Br)cc2)[nH]1)C(C)(C)C. The first kappa shape index (κ1) is 21.4. The van der Waals surface area contributed by atoms with Crippen molar-refractivity contribution in [2.75, 3.05) is 13.7 Å². The summed E-state index contributed by atoms with van der Waals surface area (Å²) in [4.78, 5) is 34.9. The summed E-state index contributed by atoms with van der Waals surface area (Å²) in [5.74, 6) is 0.645. The predicted octanol–water partition coefficient (Wildman–Crippen LogP) is 4.27. The number of hydrogen-bond donors (Lipinski definition) is 2. The quantitative estimate of drug-likeness (QED) is 0.709. The van der Waals surface area contributed by atoms with Crippen LogP contribution in [0.1, 0.15) is 45.5 Å². The zero-order valence-electron chi connectivity index (χ0n) is 17.2. The van der Waals surface area contributed by atoms with Crippen LogP contribution in [0, 0.1) is 5.41 Å². The Hall–Kier alpha value is -2.35. The van der Waals surface area contributed by atoms with E-state index < -0.39 is 17.6 Å². The van der Waals surface area contributed by atoms with Crippen LogP contribution < -0.4 is 5.32 Å². The van der Waals surface area contributed by atoms with E-state index in [0.717, 1.165) is 34.4 Å². The third-order valence-electron chi connectivity index (χ3n) is 5.16. The van der Waals surface area contributed by atoms with E-state index in [1.54, 1.807) is 6.20 Å². The second kappa shape index (κ2) is 8.57. The molecule has 2 amide bonds. The van der Waals surface area contributed by atoms with Crippen LogP contribution in [0.5, 0.6) is 0 Å². The molecule has 2 N–H and O–H groups in total. The predicted molar refractivity (Wildman–Crippen MR) is 114 cm³/mol. The van der Waals surface area contributed by atoms with E-state index in [9.17, 15) is 9.59 Å². The zero-order chi connectivity index (χ0) is 21.2. The number of aromatic nitrogens is 2. The van der Waals surface area contributed by atoms with E-state index in [0.29, 0.717) is 6.54 Å². The van der Waals surface area contributed by atoms with E-state index in [4.69, 9.17) is 4.74 Å². The smallest absolute Gasteiger partial charge is 0.407 e. The molecular weight excluding hydrogens is 436 g/mol. The zero-order valence-corrected chi connectivity index (χ0v) is 18.7. The van der Waals surface area contributed by atoms with Crippen molar-refractivity contribution < 1.29 is 14.3 Å². The van der Waals surface area contributed by atoms with E-state index in [2.05, 4.69) is 31.2 Å². The van der Waals surface area contributed by atoms with Gasteiger partial charge in [0, 0.05) is 11.0 Å². The average molecular weight is 463 g/mol. The number of hydrogen-bond acceptors (Lipinski definition) is 4. The van der Waals surface area contributed by atoms with Crippen LogP contribution in [-0.4, -0.2) is 46.6 Å². The van der Waals surface area contributed by atoms with Gasteiger partial charge < -0.3 is 19.9 Å². The van der Waals surface area contributed by atoms with Crippen molar-refractivity contribution in [2.45, 2.75) is 45.7 Å². The van der Waals surface area contributed by atoms with E-state index >= 15 is 0 Å². The Morgan fingerprint density at radius 3 is 2.62 bits per heavy atom. The topological polar surface area (TPSA) is 87.3 Å². The molecule has 0 aliphatic carbocycles. The largest absolute Gasteiger partial charge is 0.453 e. The summed E-state index contributed by atoms with van der Waals surface area (Å²) < 4.78 is 5.73. The standard InChI is InChI=1S/C21H27BrN4O3/c1-21(2,3)17(25-20(28)29-4)19(27)26-11-5-6-16(26)18-23-12-15(24-18)13-7-9-14(22)10-8-13/h7-10,12,16-17H,5-6,11H2,1-4H3,(H,23,24)(H,25,28)/t16-,17+/m0/s1. The Morgan fingerprint density at radius 2 is 2.00 bits per heavy atom. The number of benzene rings is 1. The Balaban J connectivity index is 1.82. The Labute approximate surface area is 179 Å². The maximum absolute atomic E-state index is 13.4. The molecule has 2 atom stereocenters. The summed E-state index contributed by atoms with van der Waals surface area (Å²) in [7, 11) is 1.30. The van der Waals surface area contributed by atoms with E-state index in [1.807, 2.05) is 49.9 Å². The molecule has 1 aromatic heterocycles. The molecule has 0 spiro atoms. The number of carbonyl (C=O) groups is 2. The fourth-order valence-corrected chi connectivity index (χ4v) is 3.85. The molecule has 1 aromatic carbocycles. The highest BCUT2D eigenvalue weighted by Gasteiger charge is 2.41. The van der Waals surface area contributed by atoms with Gasteiger partial charge in [0.2, 0.25) is 5.91 Å². The molecule has 1 aliphatic heterocycles. The third kappa shape index (κ3) is 4.80. The van der Waals surface area contributed by atoms with Crippen molar-refractivity contribution in [3.63, 3.8) is 0 Å². The second-order valence-corrected chi connectivity index (χ2v) is 9.23. The number of amides is 2. The monoisotopic (exact) mass is 462 g/mol. The summed E-state index contributed by atoms with van der Waals surface area (Å²) in [6.07, 6.45) is 2.91. The van der Waals surface area contributed by atoms with Gasteiger partial charge in [0.1, 0.15) is 11.9 Å².